The molecule has 2 aromatic rings. The van der Waals surface area contributed by atoms with Crippen molar-refractivity contribution in [3.8, 4) is 0 Å². The van der Waals surface area contributed by atoms with Gasteiger partial charge in [0.05, 0.1) is 22.5 Å². The normalized spacial score (nSPS) is 11.2. The quantitative estimate of drug-likeness (QED) is 0.830. The van der Waals surface area contributed by atoms with E-state index in [4.69, 9.17) is 11.6 Å². The molecule has 2 aromatic carbocycles. The van der Waals surface area contributed by atoms with Crippen LogP contribution in [-0.2, 0) is 10.0 Å². The second-order valence-electron chi connectivity index (χ2n) is 5.21. The van der Waals surface area contributed by atoms with Gasteiger partial charge < -0.3 is 4.90 Å². The Kier molecular flexibility index (Phi) is 5.15. The second kappa shape index (κ2) is 6.78. The first-order chi connectivity index (χ1) is 11.1. The number of sulfonamides is 1. The van der Waals surface area contributed by atoms with Crippen LogP contribution in [-0.4, -0.2) is 34.7 Å². The van der Waals surface area contributed by atoms with Gasteiger partial charge >= 0.3 is 0 Å². The van der Waals surface area contributed by atoms with Crippen molar-refractivity contribution in [3.63, 3.8) is 0 Å². The molecule has 5 nitrogen and oxygen atoms in total. The number of halogens is 2. The number of benzene rings is 2. The van der Waals surface area contributed by atoms with E-state index in [0.717, 1.165) is 16.6 Å². The van der Waals surface area contributed by atoms with Gasteiger partial charge in [0.1, 0.15) is 5.82 Å². The molecule has 8 heteroatoms. The minimum Gasteiger partial charge on any atom is -0.311 e. The molecule has 0 unspecified atom stereocenters. The topological polar surface area (TPSA) is 57.7 Å². The van der Waals surface area contributed by atoms with Crippen molar-refractivity contribution in [2.24, 2.45) is 0 Å². The van der Waals surface area contributed by atoms with E-state index in [-0.39, 0.29) is 10.6 Å². The van der Waals surface area contributed by atoms with Crippen LogP contribution in [0.15, 0.2) is 42.5 Å². The van der Waals surface area contributed by atoms with Gasteiger partial charge in [-0.3, -0.25) is 9.10 Å². The third-order valence-corrected chi connectivity index (χ3v) is 5.10. The van der Waals surface area contributed by atoms with Gasteiger partial charge in [-0.15, -0.1) is 0 Å². The molecular weight excluding hydrogens is 355 g/mol. The first-order valence-corrected chi connectivity index (χ1v) is 9.11. The van der Waals surface area contributed by atoms with Crippen molar-refractivity contribution in [1.29, 1.82) is 0 Å². The molecule has 0 atom stereocenters. The molecule has 0 radical (unpaired) electrons. The Bertz CT molecular complexity index is 849. The summed E-state index contributed by atoms with van der Waals surface area (Å²) in [7, 11) is -0.458. The van der Waals surface area contributed by atoms with E-state index < -0.39 is 21.7 Å². The molecule has 0 aliphatic carbocycles. The Balaban J connectivity index is 2.31. The van der Waals surface area contributed by atoms with Crippen LogP contribution in [0.3, 0.4) is 0 Å². The smallest absolute Gasteiger partial charge is 0.262 e. The number of carbonyl (C=O) groups is 1. The molecule has 0 aliphatic heterocycles. The van der Waals surface area contributed by atoms with Crippen molar-refractivity contribution >= 4 is 38.9 Å². The number of anilines is 2. The van der Waals surface area contributed by atoms with Crippen LogP contribution >= 0.6 is 11.6 Å². The van der Waals surface area contributed by atoms with Gasteiger partial charge in [-0.1, -0.05) is 17.7 Å². The van der Waals surface area contributed by atoms with Gasteiger partial charge in [0, 0.05) is 19.8 Å². The Hall–Kier alpha value is -2.12. The summed E-state index contributed by atoms with van der Waals surface area (Å²) >= 11 is 5.91. The summed E-state index contributed by atoms with van der Waals surface area (Å²) in [6.07, 6.45) is 1.09. The number of nitrogens with zero attached hydrogens (tertiary/aromatic N) is 2. The molecule has 128 valence electrons. The molecule has 2 rings (SSSR count). The minimum atomic E-state index is -3.37. The van der Waals surface area contributed by atoms with E-state index in [9.17, 15) is 17.6 Å². The van der Waals surface area contributed by atoms with Crippen LogP contribution in [0.2, 0.25) is 5.02 Å². The van der Waals surface area contributed by atoms with Crippen molar-refractivity contribution < 1.29 is 17.6 Å². The highest BCUT2D eigenvalue weighted by Crippen LogP contribution is 2.25. The van der Waals surface area contributed by atoms with E-state index in [1.165, 1.54) is 31.1 Å². The van der Waals surface area contributed by atoms with E-state index in [2.05, 4.69) is 0 Å². The lowest BCUT2D eigenvalue weighted by Crippen LogP contribution is -2.28. The standard InChI is InChI=1S/C16H16ClFN2O3S/c1-19(16(21)15-13(17)5-4-6-14(15)18)11-7-9-12(10-8-11)20(2)24(3,22)23/h4-10H,1-3H3. The lowest BCUT2D eigenvalue weighted by atomic mass is 10.1. The first kappa shape index (κ1) is 18.2. The predicted octanol–water partition coefficient (Wildman–Crippen LogP) is 3.15. The molecule has 0 heterocycles. The Labute approximate surface area is 145 Å². The zero-order valence-electron chi connectivity index (χ0n) is 13.3. The predicted molar refractivity (Wildman–Crippen MR) is 93.8 cm³/mol. The van der Waals surface area contributed by atoms with Crippen molar-refractivity contribution in [2.75, 3.05) is 29.6 Å². The molecule has 1 amide bonds. The van der Waals surface area contributed by atoms with E-state index in [0.29, 0.717) is 11.4 Å². The maximum Gasteiger partial charge on any atom is 0.262 e. The van der Waals surface area contributed by atoms with Gasteiger partial charge in [0.2, 0.25) is 10.0 Å². The van der Waals surface area contributed by atoms with E-state index in [1.807, 2.05) is 0 Å². The van der Waals surface area contributed by atoms with Crippen molar-refractivity contribution in [3.05, 3.63) is 58.9 Å². The summed E-state index contributed by atoms with van der Waals surface area (Å²) in [5, 5.41) is 0.0280. The van der Waals surface area contributed by atoms with Gasteiger partial charge in [-0.2, -0.15) is 0 Å². The van der Waals surface area contributed by atoms with E-state index >= 15 is 0 Å². The lowest BCUT2D eigenvalue weighted by molar-refractivity contribution is 0.0989. The third kappa shape index (κ3) is 3.68. The number of carbonyl (C=O) groups excluding carboxylic acids is 1. The maximum atomic E-state index is 13.9. The van der Waals surface area contributed by atoms with Gasteiger partial charge in [0.15, 0.2) is 0 Å². The van der Waals surface area contributed by atoms with Crippen LogP contribution in [0.4, 0.5) is 15.8 Å². The monoisotopic (exact) mass is 370 g/mol. The maximum absolute atomic E-state index is 13.9. The fourth-order valence-electron chi connectivity index (χ4n) is 2.06. The summed E-state index contributed by atoms with van der Waals surface area (Å²) in [6.45, 7) is 0. The molecule has 0 saturated carbocycles. The van der Waals surface area contributed by atoms with Crippen molar-refractivity contribution in [2.45, 2.75) is 0 Å². The molecule has 24 heavy (non-hydrogen) atoms. The Morgan fingerprint density at radius 1 is 1.04 bits per heavy atom. The van der Waals surface area contributed by atoms with Crippen molar-refractivity contribution in [1.82, 2.24) is 0 Å². The number of hydrogen-bond donors (Lipinski definition) is 0. The fraction of sp³-hybridized carbons (Fsp3) is 0.188. The minimum absolute atomic E-state index is 0.0280. The summed E-state index contributed by atoms with van der Waals surface area (Å²) in [5.74, 6) is -1.30. The molecule has 0 bridgehead atoms. The molecule has 0 fully saturated rings. The zero-order valence-corrected chi connectivity index (χ0v) is 14.9. The van der Waals surface area contributed by atoms with Crippen LogP contribution in [0.5, 0.6) is 0 Å². The summed E-state index contributed by atoms with van der Waals surface area (Å²) < 4.78 is 38.0. The summed E-state index contributed by atoms with van der Waals surface area (Å²) in [5.41, 5.74) is 0.718. The van der Waals surface area contributed by atoms with Gasteiger partial charge in [-0.05, 0) is 36.4 Å². The molecule has 0 aromatic heterocycles. The Morgan fingerprint density at radius 3 is 2.08 bits per heavy atom. The van der Waals surface area contributed by atoms with Gasteiger partial charge in [-0.25, -0.2) is 12.8 Å². The van der Waals surface area contributed by atoms with Crippen LogP contribution in [0.25, 0.3) is 0 Å². The molecule has 0 aliphatic rings. The van der Waals surface area contributed by atoms with Crippen LogP contribution < -0.4 is 9.21 Å². The molecule has 0 N–H and O–H groups in total. The molecule has 0 saturated heterocycles. The van der Waals surface area contributed by atoms with Crippen LogP contribution in [0, 0.1) is 5.82 Å². The second-order valence-corrected chi connectivity index (χ2v) is 7.63. The SMILES string of the molecule is CN(C(=O)c1c(F)cccc1Cl)c1ccc(N(C)S(C)(=O)=O)cc1. The molecule has 0 spiro atoms. The third-order valence-electron chi connectivity index (χ3n) is 3.58. The zero-order chi connectivity index (χ0) is 18.1. The summed E-state index contributed by atoms with van der Waals surface area (Å²) in [4.78, 5) is 13.7. The first-order valence-electron chi connectivity index (χ1n) is 6.89. The lowest BCUT2D eigenvalue weighted by Gasteiger charge is -2.21. The average Bonchev–Trinajstić information content (AvgIpc) is 2.52. The van der Waals surface area contributed by atoms with Crippen LogP contribution in [0.1, 0.15) is 10.4 Å². The highest BCUT2D eigenvalue weighted by molar-refractivity contribution is 7.92. The number of hydrogen-bond acceptors (Lipinski definition) is 3. The summed E-state index contributed by atoms with van der Waals surface area (Å²) in [6, 6.07) is 10.3. The number of amides is 1. The largest absolute Gasteiger partial charge is 0.311 e. The average molecular weight is 371 g/mol. The van der Waals surface area contributed by atoms with E-state index in [1.54, 1.807) is 24.3 Å². The number of rotatable bonds is 4. The highest BCUT2D eigenvalue weighted by Gasteiger charge is 2.21. The Morgan fingerprint density at radius 2 is 1.58 bits per heavy atom. The highest BCUT2D eigenvalue weighted by atomic mass is 35.5. The van der Waals surface area contributed by atoms with Gasteiger partial charge in [0.25, 0.3) is 5.91 Å². The fourth-order valence-corrected chi connectivity index (χ4v) is 2.81. The molecular formula is C16H16ClFN2O3S.